The number of nitrogens with one attached hydrogen (secondary N) is 2. The van der Waals surface area contributed by atoms with Gasteiger partial charge in [-0.25, -0.2) is 0 Å². The van der Waals surface area contributed by atoms with Crippen molar-refractivity contribution >= 4 is 44.3 Å². The number of aryl methyl sites for hydroxylation is 1. The second-order valence-electron chi connectivity index (χ2n) is 9.21. The molecule has 0 spiro atoms. The maximum atomic E-state index is 12.9. The van der Waals surface area contributed by atoms with Crippen LogP contribution in [-0.4, -0.2) is 65.8 Å². The van der Waals surface area contributed by atoms with Crippen LogP contribution in [0.3, 0.4) is 0 Å². The molecule has 3 heterocycles. The van der Waals surface area contributed by atoms with Crippen molar-refractivity contribution in [1.29, 1.82) is 0 Å². The molecular weight excluding hydrogens is 424 g/mol. The Morgan fingerprint density at radius 3 is 2.56 bits per heavy atom. The summed E-state index contributed by atoms with van der Waals surface area (Å²) in [6.45, 7) is 4.17. The molecule has 34 heavy (non-hydrogen) atoms. The lowest BCUT2D eigenvalue weighted by Gasteiger charge is -2.34. The third-order valence-electron chi connectivity index (χ3n) is 7.11. The molecule has 172 valence electrons. The van der Waals surface area contributed by atoms with E-state index in [4.69, 9.17) is 0 Å². The maximum Gasteiger partial charge on any atom is 0.253 e. The van der Waals surface area contributed by atoms with E-state index in [0.717, 1.165) is 70.0 Å². The molecule has 7 nitrogen and oxygen atoms in total. The van der Waals surface area contributed by atoms with Crippen molar-refractivity contribution in [2.75, 3.05) is 45.2 Å². The van der Waals surface area contributed by atoms with Crippen LogP contribution in [-0.2, 0) is 7.05 Å². The third-order valence-corrected chi connectivity index (χ3v) is 7.11. The van der Waals surface area contributed by atoms with E-state index in [1.165, 1.54) is 5.69 Å². The van der Waals surface area contributed by atoms with Crippen molar-refractivity contribution in [1.82, 2.24) is 25.0 Å². The minimum atomic E-state index is -0.0971. The fourth-order valence-electron chi connectivity index (χ4n) is 5.08. The molecule has 3 aromatic carbocycles. The van der Waals surface area contributed by atoms with E-state index >= 15 is 0 Å². The van der Waals surface area contributed by atoms with Crippen LogP contribution < -0.4 is 10.2 Å². The number of hydrogen-bond donors (Lipinski definition) is 2. The van der Waals surface area contributed by atoms with Gasteiger partial charge in [-0.1, -0.05) is 12.1 Å². The van der Waals surface area contributed by atoms with E-state index in [9.17, 15) is 4.79 Å². The van der Waals surface area contributed by atoms with E-state index < -0.39 is 0 Å². The first kappa shape index (κ1) is 20.7. The highest BCUT2D eigenvalue weighted by atomic mass is 16.1. The SMILES string of the molecule is CNC(=O)c1cc(-c2ccc3c(cnn3C)c2)cc2c1[nH]c1cc(N3CCN(C)CC3)ccc12. The summed E-state index contributed by atoms with van der Waals surface area (Å²) in [4.78, 5) is 21.2. The summed E-state index contributed by atoms with van der Waals surface area (Å²) in [5, 5.41) is 10.4. The lowest BCUT2D eigenvalue weighted by Crippen LogP contribution is -2.44. The summed E-state index contributed by atoms with van der Waals surface area (Å²) in [6.07, 6.45) is 1.88. The number of hydrogen-bond acceptors (Lipinski definition) is 4. The second-order valence-corrected chi connectivity index (χ2v) is 9.21. The minimum absolute atomic E-state index is 0.0971. The summed E-state index contributed by atoms with van der Waals surface area (Å²) in [7, 11) is 5.79. The zero-order valence-electron chi connectivity index (χ0n) is 19.7. The Morgan fingerprint density at radius 1 is 0.941 bits per heavy atom. The molecule has 6 rings (SSSR count). The Bertz CT molecular complexity index is 1550. The average Bonchev–Trinajstić information content (AvgIpc) is 3.42. The zero-order valence-corrected chi connectivity index (χ0v) is 19.7. The molecule has 1 amide bonds. The number of rotatable bonds is 3. The summed E-state index contributed by atoms with van der Waals surface area (Å²) in [6, 6.07) is 17.1. The molecule has 0 bridgehead atoms. The second kappa shape index (κ2) is 7.88. The van der Waals surface area contributed by atoms with Crippen LogP contribution in [0.25, 0.3) is 43.8 Å². The number of fused-ring (bicyclic) bond motifs is 4. The molecule has 1 saturated heterocycles. The fourth-order valence-corrected chi connectivity index (χ4v) is 5.08. The standard InChI is InChI=1S/C27H28N6O/c1-28-27(34)23-14-18(17-4-7-25-19(12-17)16-29-32(25)3)13-22-21-6-5-20(15-24(21)30-26(22)23)33-10-8-31(2)9-11-33/h4-7,12-16,30H,8-11H2,1-3H3,(H,28,34). The van der Waals surface area contributed by atoms with Gasteiger partial charge in [0.15, 0.2) is 0 Å². The monoisotopic (exact) mass is 452 g/mol. The average molecular weight is 453 g/mol. The molecule has 2 N–H and O–H groups in total. The van der Waals surface area contributed by atoms with Gasteiger partial charge in [0, 0.05) is 67.6 Å². The van der Waals surface area contributed by atoms with Gasteiger partial charge in [-0.2, -0.15) is 5.10 Å². The quantitative estimate of drug-likeness (QED) is 0.434. The third kappa shape index (κ3) is 3.31. The highest BCUT2D eigenvalue weighted by Gasteiger charge is 2.19. The van der Waals surface area contributed by atoms with Crippen LogP contribution in [0.15, 0.2) is 54.7 Å². The van der Waals surface area contributed by atoms with Crippen molar-refractivity contribution in [3.63, 3.8) is 0 Å². The number of piperazine rings is 1. The Morgan fingerprint density at radius 2 is 1.76 bits per heavy atom. The smallest absolute Gasteiger partial charge is 0.253 e. The van der Waals surface area contributed by atoms with Gasteiger partial charge in [-0.15, -0.1) is 0 Å². The van der Waals surface area contributed by atoms with Crippen molar-refractivity contribution in [2.24, 2.45) is 7.05 Å². The van der Waals surface area contributed by atoms with Gasteiger partial charge in [-0.05, 0) is 54.6 Å². The first-order chi connectivity index (χ1) is 16.5. The van der Waals surface area contributed by atoms with Crippen LogP contribution in [0.4, 0.5) is 5.69 Å². The predicted molar refractivity (Wildman–Crippen MR) is 139 cm³/mol. The number of aromatic nitrogens is 3. The van der Waals surface area contributed by atoms with Gasteiger partial charge < -0.3 is 20.1 Å². The van der Waals surface area contributed by atoms with E-state index in [2.05, 4.69) is 74.7 Å². The Hall–Kier alpha value is -3.84. The Labute approximate surface area is 197 Å². The van der Waals surface area contributed by atoms with Crippen molar-refractivity contribution in [3.8, 4) is 11.1 Å². The molecule has 1 aliphatic heterocycles. The van der Waals surface area contributed by atoms with Crippen LogP contribution in [0.2, 0.25) is 0 Å². The van der Waals surface area contributed by atoms with Gasteiger partial charge in [0.1, 0.15) is 0 Å². The lowest BCUT2D eigenvalue weighted by molar-refractivity contribution is 0.0964. The highest BCUT2D eigenvalue weighted by Crippen LogP contribution is 2.35. The van der Waals surface area contributed by atoms with Gasteiger partial charge in [0.05, 0.1) is 22.8 Å². The van der Waals surface area contributed by atoms with Gasteiger partial charge in [-0.3, -0.25) is 9.48 Å². The van der Waals surface area contributed by atoms with E-state index in [1.807, 2.05) is 24.0 Å². The van der Waals surface area contributed by atoms with Crippen LogP contribution >= 0.6 is 0 Å². The molecule has 0 atom stereocenters. The number of benzene rings is 3. The highest BCUT2D eigenvalue weighted by molar-refractivity contribution is 6.16. The van der Waals surface area contributed by atoms with Crippen LogP contribution in [0, 0.1) is 0 Å². The summed E-state index contributed by atoms with van der Waals surface area (Å²) in [5.74, 6) is -0.0971. The molecule has 1 fully saturated rings. The van der Waals surface area contributed by atoms with Crippen molar-refractivity contribution < 1.29 is 4.79 Å². The molecule has 0 aliphatic carbocycles. The lowest BCUT2D eigenvalue weighted by atomic mass is 9.98. The van der Waals surface area contributed by atoms with E-state index in [0.29, 0.717) is 5.56 Å². The predicted octanol–water partition coefficient (Wildman–Crippen LogP) is 3.99. The fraction of sp³-hybridized carbons (Fsp3) is 0.259. The number of nitrogens with zero attached hydrogens (tertiary/aromatic N) is 4. The first-order valence-corrected chi connectivity index (χ1v) is 11.7. The molecule has 7 heteroatoms. The van der Waals surface area contributed by atoms with Crippen molar-refractivity contribution in [2.45, 2.75) is 0 Å². The summed E-state index contributed by atoms with van der Waals surface area (Å²) < 4.78 is 1.87. The largest absolute Gasteiger partial charge is 0.369 e. The number of likely N-dealkylation sites (N-methyl/N-ethyl adjacent to an activating group) is 1. The van der Waals surface area contributed by atoms with Crippen LogP contribution in [0.5, 0.6) is 0 Å². The van der Waals surface area contributed by atoms with Gasteiger partial charge in [0.2, 0.25) is 0 Å². The molecule has 0 saturated carbocycles. The van der Waals surface area contributed by atoms with Crippen LogP contribution in [0.1, 0.15) is 10.4 Å². The minimum Gasteiger partial charge on any atom is -0.369 e. The number of H-pyrrole nitrogens is 1. The van der Waals surface area contributed by atoms with Gasteiger partial charge >= 0.3 is 0 Å². The van der Waals surface area contributed by atoms with E-state index in [1.54, 1.807) is 7.05 Å². The number of carbonyl (C=O) groups excluding carboxylic acids is 1. The Balaban J connectivity index is 1.51. The van der Waals surface area contributed by atoms with Gasteiger partial charge in [0.25, 0.3) is 5.91 Å². The summed E-state index contributed by atoms with van der Waals surface area (Å²) >= 11 is 0. The van der Waals surface area contributed by atoms with Crippen molar-refractivity contribution in [3.05, 3.63) is 60.3 Å². The topological polar surface area (TPSA) is 69.2 Å². The Kier molecular flexibility index (Phi) is 4.81. The molecule has 2 aromatic heterocycles. The first-order valence-electron chi connectivity index (χ1n) is 11.7. The molecule has 5 aromatic rings. The normalized spacial score (nSPS) is 15.0. The number of amides is 1. The number of aromatic amines is 1. The molecular formula is C27H28N6O. The number of carbonyl (C=O) groups is 1. The summed E-state index contributed by atoms with van der Waals surface area (Å²) in [5.41, 5.74) is 6.96. The maximum absolute atomic E-state index is 12.9. The molecule has 1 aliphatic rings. The molecule has 0 radical (unpaired) electrons. The zero-order chi connectivity index (χ0) is 23.4. The number of anilines is 1. The molecule has 0 unspecified atom stereocenters. The van der Waals surface area contributed by atoms with E-state index in [-0.39, 0.29) is 5.91 Å².